The first-order chi connectivity index (χ1) is 12.0. The zero-order chi connectivity index (χ0) is 17.9. The second-order valence-electron chi connectivity index (χ2n) is 5.94. The van der Waals surface area contributed by atoms with Crippen LogP contribution in [-0.2, 0) is 12.6 Å². The summed E-state index contributed by atoms with van der Waals surface area (Å²) >= 11 is 0. The van der Waals surface area contributed by atoms with Gasteiger partial charge in [-0.1, -0.05) is 6.92 Å². The molecule has 1 saturated heterocycles. The van der Waals surface area contributed by atoms with E-state index in [1.165, 1.54) is 0 Å². The molecule has 2 aromatic rings. The predicted molar refractivity (Wildman–Crippen MR) is 87.3 cm³/mol. The van der Waals surface area contributed by atoms with E-state index in [4.69, 9.17) is 0 Å². The lowest BCUT2D eigenvalue weighted by Gasteiger charge is -2.34. The van der Waals surface area contributed by atoms with E-state index in [9.17, 15) is 13.2 Å². The van der Waals surface area contributed by atoms with Crippen molar-refractivity contribution in [1.82, 2.24) is 19.9 Å². The highest BCUT2D eigenvalue weighted by Gasteiger charge is 2.33. The van der Waals surface area contributed by atoms with E-state index in [1.54, 1.807) is 6.33 Å². The molecule has 1 aliphatic rings. The van der Waals surface area contributed by atoms with Gasteiger partial charge in [0.25, 0.3) is 0 Å². The van der Waals surface area contributed by atoms with E-state index in [1.807, 2.05) is 13.0 Å². The van der Waals surface area contributed by atoms with Crippen molar-refractivity contribution in [2.45, 2.75) is 38.4 Å². The first-order valence-corrected chi connectivity index (χ1v) is 8.17. The number of aryl methyl sites for hydroxylation is 1. The van der Waals surface area contributed by atoms with Crippen LogP contribution >= 0.6 is 0 Å². The molecule has 0 aromatic carbocycles. The van der Waals surface area contributed by atoms with Gasteiger partial charge in [0.2, 0.25) is 0 Å². The Balaban J connectivity index is 1.69. The van der Waals surface area contributed by atoms with Gasteiger partial charge in [0, 0.05) is 37.0 Å². The van der Waals surface area contributed by atoms with Gasteiger partial charge < -0.3 is 10.2 Å². The lowest BCUT2D eigenvalue weighted by molar-refractivity contribution is -0.141. The van der Waals surface area contributed by atoms with Gasteiger partial charge in [-0.3, -0.25) is 0 Å². The third kappa shape index (κ3) is 4.34. The number of halogens is 3. The molecule has 1 N–H and O–H groups in total. The smallest absolute Gasteiger partial charge is 0.365 e. The molecule has 3 heterocycles. The molecule has 1 aliphatic heterocycles. The molecule has 0 aliphatic carbocycles. The molecule has 0 spiro atoms. The van der Waals surface area contributed by atoms with Crippen molar-refractivity contribution in [2.24, 2.45) is 0 Å². The minimum atomic E-state index is -4.48. The number of hydrogen-bond donors (Lipinski definition) is 1. The largest absolute Gasteiger partial charge is 0.433 e. The lowest BCUT2D eigenvalue weighted by atomic mass is 10.1. The molecular formula is C16H19F3N6. The Morgan fingerprint density at radius 1 is 1.16 bits per heavy atom. The molecule has 0 bridgehead atoms. The van der Waals surface area contributed by atoms with E-state index in [-0.39, 0.29) is 11.9 Å². The Bertz CT molecular complexity index is 721. The third-order valence-corrected chi connectivity index (χ3v) is 4.13. The zero-order valence-electron chi connectivity index (χ0n) is 13.8. The maximum atomic E-state index is 12.8. The molecule has 0 radical (unpaired) electrons. The van der Waals surface area contributed by atoms with Crippen LogP contribution in [0.4, 0.5) is 24.8 Å². The lowest BCUT2D eigenvalue weighted by Crippen LogP contribution is -2.42. The number of nitrogens with zero attached hydrogens (tertiary/aromatic N) is 5. The van der Waals surface area contributed by atoms with Crippen molar-refractivity contribution in [3.63, 3.8) is 0 Å². The number of hydrogen-bond acceptors (Lipinski definition) is 6. The van der Waals surface area contributed by atoms with Gasteiger partial charge >= 0.3 is 6.18 Å². The monoisotopic (exact) mass is 352 g/mol. The number of nitrogens with one attached hydrogen (secondary N) is 1. The first-order valence-electron chi connectivity index (χ1n) is 8.17. The standard InChI is InChI=1S/C16H19F3N6/c1-2-11-6-15(23-9-20-11)25-5-3-4-12(8-25)24-14-7-13(16(17,18)19)21-10-22-14/h6-7,9-10,12H,2-5,8H2,1H3,(H,21,22,24). The van der Waals surface area contributed by atoms with E-state index in [0.717, 1.165) is 49.7 Å². The summed E-state index contributed by atoms with van der Waals surface area (Å²) in [5.74, 6) is 1.03. The Hall–Kier alpha value is -2.45. The van der Waals surface area contributed by atoms with Crippen LogP contribution in [0, 0.1) is 0 Å². The van der Waals surface area contributed by atoms with E-state index in [0.29, 0.717) is 6.54 Å². The fraction of sp³-hybridized carbons (Fsp3) is 0.500. The van der Waals surface area contributed by atoms with Gasteiger partial charge in [-0.2, -0.15) is 13.2 Å². The second kappa shape index (κ2) is 7.20. The number of anilines is 2. The highest BCUT2D eigenvalue weighted by Crippen LogP contribution is 2.28. The second-order valence-corrected chi connectivity index (χ2v) is 5.94. The van der Waals surface area contributed by atoms with Crippen LogP contribution in [0.25, 0.3) is 0 Å². The van der Waals surface area contributed by atoms with E-state index >= 15 is 0 Å². The SMILES string of the molecule is CCc1cc(N2CCCC(Nc3cc(C(F)(F)F)ncn3)C2)ncn1. The van der Waals surface area contributed by atoms with Crippen LogP contribution in [0.2, 0.25) is 0 Å². The Morgan fingerprint density at radius 3 is 2.72 bits per heavy atom. The minimum absolute atomic E-state index is 0.00947. The van der Waals surface area contributed by atoms with Crippen molar-refractivity contribution < 1.29 is 13.2 Å². The molecular weight excluding hydrogens is 333 g/mol. The van der Waals surface area contributed by atoms with E-state index < -0.39 is 11.9 Å². The normalized spacial score (nSPS) is 18.2. The van der Waals surface area contributed by atoms with E-state index in [2.05, 4.69) is 30.2 Å². The summed E-state index contributed by atoms with van der Waals surface area (Å²) < 4.78 is 38.3. The van der Waals surface area contributed by atoms with Crippen LogP contribution in [-0.4, -0.2) is 39.1 Å². The topological polar surface area (TPSA) is 66.8 Å². The average Bonchev–Trinajstić information content (AvgIpc) is 2.61. The summed E-state index contributed by atoms with van der Waals surface area (Å²) in [6, 6.07) is 2.89. The van der Waals surface area contributed by atoms with Crippen LogP contribution in [0.15, 0.2) is 24.8 Å². The number of aromatic nitrogens is 4. The Labute approximate surface area is 143 Å². The van der Waals surface area contributed by atoms with Gasteiger partial charge in [-0.25, -0.2) is 19.9 Å². The van der Waals surface area contributed by atoms with Gasteiger partial charge in [0.05, 0.1) is 0 Å². The van der Waals surface area contributed by atoms with Crippen molar-refractivity contribution in [3.05, 3.63) is 36.2 Å². The zero-order valence-corrected chi connectivity index (χ0v) is 13.8. The summed E-state index contributed by atoms with van der Waals surface area (Å²) in [5.41, 5.74) is 0.0201. The van der Waals surface area contributed by atoms with Gasteiger partial charge in [-0.15, -0.1) is 0 Å². The molecule has 1 unspecified atom stereocenters. The number of rotatable bonds is 4. The molecule has 1 atom stereocenters. The third-order valence-electron chi connectivity index (χ3n) is 4.13. The highest BCUT2D eigenvalue weighted by atomic mass is 19.4. The summed E-state index contributed by atoms with van der Waals surface area (Å²) in [5, 5.41) is 3.09. The molecule has 2 aromatic heterocycles. The van der Waals surface area contributed by atoms with Crippen LogP contribution in [0.1, 0.15) is 31.2 Å². The molecule has 1 fully saturated rings. The van der Waals surface area contributed by atoms with Crippen LogP contribution in [0.3, 0.4) is 0 Å². The Kier molecular flexibility index (Phi) is 5.00. The molecule has 3 rings (SSSR count). The van der Waals surface area contributed by atoms with Crippen molar-refractivity contribution in [3.8, 4) is 0 Å². The molecule has 9 heteroatoms. The van der Waals surface area contributed by atoms with Crippen molar-refractivity contribution in [1.29, 1.82) is 0 Å². The molecule has 0 saturated carbocycles. The summed E-state index contributed by atoms with van der Waals surface area (Å²) in [7, 11) is 0. The maximum absolute atomic E-state index is 12.8. The highest BCUT2D eigenvalue weighted by molar-refractivity contribution is 5.42. The molecule has 0 amide bonds. The molecule has 134 valence electrons. The minimum Gasteiger partial charge on any atom is -0.365 e. The quantitative estimate of drug-likeness (QED) is 0.913. The number of alkyl halides is 3. The summed E-state index contributed by atoms with van der Waals surface area (Å²) in [4.78, 5) is 17.8. The first kappa shape index (κ1) is 17.4. The molecule has 6 nitrogen and oxygen atoms in total. The summed E-state index contributed by atoms with van der Waals surface area (Å²) in [6.45, 7) is 3.53. The fourth-order valence-electron chi connectivity index (χ4n) is 2.86. The summed E-state index contributed by atoms with van der Waals surface area (Å²) in [6.07, 6.45) is 0.602. The van der Waals surface area contributed by atoms with Crippen molar-refractivity contribution >= 4 is 11.6 Å². The van der Waals surface area contributed by atoms with Gasteiger partial charge in [-0.05, 0) is 19.3 Å². The molecule has 25 heavy (non-hydrogen) atoms. The van der Waals surface area contributed by atoms with Gasteiger partial charge in [0.1, 0.15) is 30.0 Å². The number of piperidine rings is 1. The fourth-order valence-corrected chi connectivity index (χ4v) is 2.86. The van der Waals surface area contributed by atoms with Crippen LogP contribution in [0.5, 0.6) is 0 Å². The van der Waals surface area contributed by atoms with Crippen LogP contribution < -0.4 is 10.2 Å². The predicted octanol–water partition coefficient (Wildman–Crippen LogP) is 2.93. The maximum Gasteiger partial charge on any atom is 0.433 e. The average molecular weight is 352 g/mol. The van der Waals surface area contributed by atoms with Gasteiger partial charge in [0.15, 0.2) is 0 Å². The Morgan fingerprint density at radius 2 is 1.96 bits per heavy atom. The van der Waals surface area contributed by atoms with Crippen molar-refractivity contribution in [2.75, 3.05) is 23.3 Å².